The van der Waals surface area contributed by atoms with E-state index in [1.165, 1.54) is 19.3 Å². The van der Waals surface area contributed by atoms with Crippen molar-refractivity contribution in [2.45, 2.75) is 63.8 Å². The summed E-state index contributed by atoms with van der Waals surface area (Å²) in [6.07, 6.45) is 6.73. The third-order valence-corrected chi connectivity index (χ3v) is 6.88. The van der Waals surface area contributed by atoms with Gasteiger partial charge < -0.3 is 25.0 Å². The average Bonchev–Trinajstić information content (AvgIpc) is 3.29. The van der Waals surface area contributed by atoms with Crippen molar-refractivity contribution in [2.75, 3.05) is 40.9 Å². The van der Waals surface area contributed by atoms with Crippen LogP contribution in [0.5, 0.6) is 11.5 Å². The number of hydrogen-bond donors (Lipinski definition) is 2. The van der Waals surface area contributed by atoms with E-state index in [0.29, 0.717) is 12.5 Å². The molecule has 8 heteroatoms. The van der Waals surface area contributed by atoms with Gasteiger partial charge in [0.05, 0.1) is 14.2 Å². The average molecular weight is 573 g/mol. The van der Waals surface area contributed by atoms with Crippen LogP contribution in [0.3, 0.4) is 0 Å². The molecule has 2 N–H and O–H groups in total. The first-order valence-corrected chi connectivity index (χ1v) is 11.9. The predicted octanol–water partition coefficient (Wildman–Crippen LogP) is 3.95. The molecule has 1 unspecified atom stereocenters. The summed E-state index contributed by atoms with van der Waals surface area (Å²) in [6.45, 7) is 6.68. The summed E-state index contributed by atoms with van der Waals surface area (Å²) < 4.78 is 10.8. The van der Waals surface area contributed by atoms with Gasteiger partial charge in [-0.05, 0) is 37.0 Å². The minimum absolute atomic E-state index is 0. The summed E-state index contributed by atoms with van der Waals surface area (Å²) in [5.74, 6) is 2.82. The summed E-state index contributed by atoms with van der Waals surface area (Å²) in [4.78, 5) is 19.3. The van der Waals surface area contributed by atoms with Gasteiger partial charge in [-0.1, -0.05) is 39.2 Å². The highest BCUT2D eigenvalue weighted by Gasteiger charge is 2.32. The van der Waals surface area contributed by atoms with Crippen molar-refractivity contribution >= 4 is 35.8 Å². The second-order valence-electron chi connectivity index (χ2n) is 9.63. The van der Waals surface area contributed by atoms with Crippen LogP contribution in [0.1, 0.15) is 57.9 Å². The van der Waals surface area contributed by atoms with Crippen molar-refractivity contribution < 1.29 is 14.3 Å². The largest absolute Gasteiger partial charge is 0.493 e. The van der Waals surface area contributed by atoms with E-state index in [4.69, 9.17) is 9.47 Å². The van der Waals surface area contributed by atoms with E-state index in [2.05, 4.69) is 40.4 Å². The van der Waals surface area contributed by atoms with Gasteiger partial charge in [-0.25, -0.2) is 0 Å². The third kappa shape index (κ3) is 7.13. The lowest BCUT2D eigenvalue weighted by Gasteiger charge is -2.28. The summed E-state index contributed by atoms with van der Waals surface area (Å²) in [5, 5.41) is 6.99. The van der Waals surface area contributed by atoms with E-state index in [0.717, 1.165) is 55.4 Å². The van der Waals surface area contributed by atoms with Crippen molar-refractivity contribution in [3.8, 4) is 11.5 Å². The Bertz CT molecular complexity index is 809. The first-order chi connectivity index (χ1) is 15.4. The van der Waals surface area contributed by atoms with Crippen LogP contribution >= 0.6 is 24.0 Å². The number of likely N-dealkylation sites (tertiary alicyclic amines) is 1. The number of nitrogens with zero attached hydrogens (tertiary/aromatic N) is 2. The van der Waals surface area contributed by atoms with Crippen LogP contribution in [0.15, 0.2) is 23.2 Å². The second kappa shape index (κ2) is 12.7. The Hall–Kier alpha value is -1.71. The molecule has 0 aromatic heterocycles. The van der Waals surface area contributed by atoms with E-state index in [1.54, 1.807) is 21.3 Å². The van der Waals surface area contributed by atoms with Crippen molar-refractivity contribution in [2.24, 2.45) is 10.9 Å². The van der Waals surface area contributed by atoms with Gasteiger partial charge in [-0.15, -0.1) is 24.0 Å². The molecule has 1 atom stereocenters. The molecule has 7 nitrogen and oxygen atoms in total. The van der Waals surface area contributed by atoms with Crippen molar-refractivity contribution in [1.82, 2.24) is 15.5 Å². The number of hydrogen-bond acceptors (Lipinski definition) is 4. The lowest BCUT2D eigenvalue weighted by Crippen LogP contribution is -2.48. The molecule has 1 saturated heterocycles. The molecular formula is C25H41IN4O3. The molecule has 0 spiro atoms. The number of amides is 1. The number of guanidine groups is 1. The standard InChI is InChI=1S/C25H40N4O3.HI/c1-25(2,19-11-12-21(31-4)22(15-19)32-5)17-27-24(26-3)28-20-13-14-29(16-20)23(30)18-9-7-6-8-10-18;/h11-12,15,18,20H,6-10,13-14,16-17H2,1-5H3,(H2,26,27,28);1H. The van der Waals surface area contributed by atoms with E-state index in [-0.39, 0.29) is 41.4 Å². The first-order valence-electron chi connectivity index (χ1n) is 11.9. The molecule has 0 bridgehead atoms. The zero-order chi connectivity index (χ0) is 23.1. The Morgan fingerprint density at radius 2 is 1.82 bits per heavy atom. The Kier molecular flexibility index (Phi) is 10.6. The van der Waals surface area contributed by atoms with Gasteiger partial charge >= 0.3 is 0 Å². The minimum atomic E-state index is -0.143. The Morgan fingerprint density at radius 1 is 1.12 bits per heavy atom. The summed E-state index contributed by atoms with van der Waals surface area (Å²) in [5.41, 5.74) is 1.01. The summed E-state index contributed by atoms with van der Waals surface area (Å²) in [6, 6.07) is 6.28. The number of aliphatic imine (C=N–C) groups is 1. The Labute approximate surface area is 216 Å². The molecule has 0 radical (unpaired) electrons. The number of carbonyl (C=O) groups is 1. The highest BCUT2D eigenvalue weighted by Crippen LogP contribution is 2.33. The molecule has 1 saturated carbocycles. The number of methoxy groups -OCH3 is 2. The number of rotatable bonds is 7. The molecule has 1 aliphatic heterocycles. The smallest absolute Gasteiger partial charge is 0.225 e. The van der Waals surface area contributed by atoms with E-state index in [1.807, 2.05) is 12.1 Å². The SMILES string of the molecule is CN=C(NCC(C)(C)c1ccc(OC)c(OC)c1)NC1CCN(C(=O)C2CCCCC2)C1.I. The molecule has 1 heterocycles. The maximum atomic E-state index is 12.8. The quantitative estimate of drug-likeness (QED) is 0.294. The van der Waals surface area contributed by atoms with Gasteiger partial charge in [0.15, 0.2) is 17.5 Å². The minimum Gasteiger partial charge on any atom is -0.493 e. The number of benzene rings is 1. The fourth-order valence-corrected chi connectivity index (χ4v) is 4.74. The van der Waals surface area contributed by atoms with Crippen molar-refractivity contribution in [3.63, 3.8) is 0 Å². The third-order valence-electron chi connectivity index (χ3n) is 6.88. The van der Waals surface area contributed by atoms with E-state index in [9.17, 15) is 4.79 Å². The zero-order valence-corrected chi connectivity index (χ0v) is 23.1. The maximum absolute atomic E-state index is 12.8. The Morgan fingerprint density at radius 3 is 2.45 bits per heavy atom. The lowest BCUT2D eigenvalue weighted by atomic mass is 9.84. The molecule has 33 heavy (non-hydrogen) atoms. The molecule has 1 aromatic rings. The van der Waals surface area contributed by atoms with Gasteiger partial charge in [0.1, 0.15) is 0 Å². The van der Waals surface area contributed by atoms with Crippen LogP contribution in [0.25, 0.3) is 0 Å². The topological polar surface area (TPSA) is 75.2 Å². The van der Waals surface area contributed by atoms with Crippen LogP contribution in [-0.2, 0) is 10.2 Å². The van der Waals surface area contributed by atoms with Gasteiger partial charge in [0.2, 0.25) is 5.91 Å². The molecule has 1 amide bonds. The second-order valence-corrected chi connectivity index (χ2v) is 9.63. The molecule has 2 fully saturated rings. The predicted molar refractivity (Wildman–Crippen MR) is 144 cm³/mol. The molecule has 1 aromatic carbocycles. The monoisotopic (exact) mass is 572 g/mol. The normalized spacial score (nSPS) is 19.6. The van der Waals surface area contributed by atoms with E-state index < -0.39 is 0 Å². The summed E-state index contributed by atoms with van der Waals surface area (Å²) >= 11 is 0. The fourth-order valence-electron chi connectivity index (χ4n) is 4.74. The zero-order valence-electron chi connectivity index (χ0n) is 20.8. The van der Waals surface area contributed by atoms with Crippen LogP contribution in [-0.4, -0.2) is 63.7 Å². The highest BCUT2D eigenvalue weighted by molar-refractivity contribution is 14.0. The van der Waals surface area contributed by atoms with Gasteiger partial charge in [0.25, 0.3) is 0 Å². The fraction of sp³-hybridized carbons (Fsp3) is 0.680. The van der Waals surface area contributed by atoms with Gasteiger partial charge in [-0.2, -0.15) is 0 Å². The van der Waals surface area contributed by atoms with Gasteiger partial charge in [-0.3, -0.25) is 9.79 Å². The van der Waals surface area contributed by atoms with Gasteiger partial charge in [0, 0.05) is 44.1 Å². The molecule has 186 valence electrons. The number of nitrogens with one attached hydrogen (secondary N) is 2. The highest BCUT2D eigenvalue weighted by atomic mass is 127. The van der Waals surface area contributed by atoms with Crippen LogP contribution in [0.2, 0.25) is 0 Å². The van der Waals surface area contributed by atoms with Crippen molar-refractivity contribution in [3.05, 3.63) is 23.8 Å². The lowest BCUT2D eigenvalue weighted by molar-refractivity contribution is -0.135. The maximum Gasteiger partial charge on any atom is 0.225 e. The summed E-state index contributed by atoms with van der Waals surface area (Å²) in [7, 11) is 5.09. The van der Waals surface area contributed by atoms with Crippen molar-refractivity contribution in [1.29, 1.82) is 0 Å². The number of halogens is 1. The molecular weight excluding hydrogens is 531 g/mol. The first kappa shape index (κ1) is 27.5. The van der Waals surface area contributed by atoms with Crippen LogP contribution in [0.4, 0.5) is 0 Å². The number of carbonyl (C=O) groups excluding carboxylic acids is 1. The van der Waals surface area contributed by atoms with Crippen LogP contribution in [0, 0.1) is 5.92 Å². The van der Waals surface area contributed by atoms with E-state index >= 15 is 0 Å². The molecule has 3 rings (SSSR count). The Balaban J connectivity index is 0.00000385. The van der Waals surface area contributed by atoms with Crippen LogP contribution < -0.4 is 20.1 Å². The number of ether oxygens (including phenoxy) is 2. The molecule has 1 aliphatic carbocycles. The molecule has 2 aliphatic rings.